The summed E-state index contributed by atoms with van der Waals surface area (Å²) in [7, 11) is 1.69. The number of rotatable bonds is 6. The van der Waals surface area contributed by atoms with E-state index in [1.807, 2.05) is 36.4 Å². The van der Waals surface area contributed by atoms with Crippen molar-refractivity contribution >= 4 is 11.6 Å². The lowest BCUT2D eigenvalue weighted by molar-refractivity contribution is 0.184. The molecular formula is C19H25N3O. The van der Waals surface area contributed by atoms with E-state index in [0.717, 1.165) is 16.8 Å². The molecule has 3 N–H and O–H groups in total. The molecule has 2 rings (SSSR count). The molecule has 23 heavy (non-hydrogen) atoms. The quantitative estimate of drug-likeness (QED) is 0.628. The summed E-state index contributed by atoms with van der Waals surface area (Å²) in [5.74, 6) is 0.897. The lowest BCUT2D eigenvalue weighted by atomic mass is 10.0. The van der Waals surface area contributed by atoms with Crippen molar-refractivity contribution in [2.75, 3.05) is 12.4 Å². The van der Waals surface area contributed by atoms with E-state index in [0.29, 0.717) is 25.0 Å². The van der Waals surface area contributed by atoms with Gasteiger partial charge in [-0.25, -0.2) is 4.99 Å². The highest BCUT2D eigenvalue weighted by Gasteiger charge is 2.03. The van der Waals surface area contributed by atoms with E-state index in [1.54, 1.807) is 7.11 Å². The number of nitrogens with one attached hydrogen (secondary N) is 1. The molecule has 0 bridgehead atoms. The Hall–Kier alpha value is -2.33. The predicted octanol–water partition coefficient (Wildman–Crippen LogP) is 3.88. The number of anilines is 1. The zero-order chi connectivity index (χ0) is 16.7. The highest BCUT2D eigenvalue weighted by Crippen LogP contribution is 2.18. The van der Waals surface area contributed by atoms with Gasteiger partial charge in [-0.2, -0.15) is 0 Å². The number of nitrogens with two attached hydrogens (primary N) is 1. The number of benzene rings is 2. The lowest BCUT2D eigenvalue weighted by Crippen LogP contribution is -2.22. The van der Waals surface area contributed by atoms with Gasteiger partial charge in [0, 0.05) is 12.8 Å². The van der Waals surface area contributed by atoms with Crippen LogP contribution in [0.4, 0.5) is 5.69 Å². The third-order valence-electron chi connectivity index (χ3n) is 3.66. The van der Waals surface area contributed by atoms with E-state index in [4.69, 9.17) is 10.5 Å². The van der Waals surface area contributed by atoms with Crippen LogP contribution in [0.3, 0.4) is 0 Å². The smallest absolute Gasteiger partial charge is 0.193 e. The van der Waals surface area contributed by atoms with Crippen molar-refractivity contribution < 1.29 is 4.74 Å². The van der Waals surface area contributed by atoms with Crippen LogP contribution in [-0.2, 0) is 17.9 Å². The Labute approximate surface area is 138 Å². The highest BCUT2D eigenvalue weighted by molar-refractivity contribution is 5.92. The summed E-state index contributed by atoms with van der Waals surface area (Å²) in [6.45, 7) is 5.45. The largest absolute Gasteiger partial charge is 0.380 e. The summed E-state index contributed by atoms with van der Waals surface area (Å²) in [6.07, 6.45) is 0. The maximum atomic E-state index is 6.01. The molecule has 0 saturated heterocycles. The molecule has 0 fully saturated rings. The van der Waals surface area contributed by atoms with E-state index < -0.39 is 0 Å². The van der Waals surface area contributed by atoms with E-state index >= 15 is 0 Å². The third kappa shape index (κ3) is 5.11. The van der Waals surface area contributed by atoms with Crippen LogP contribution in [0.15, 0.2) is 53.5 Å². The number of ether oxygens (including phenoxy) is 1. The second kappa shape index (κ2) is 8.34. The monoisotopic (exact) mass is 311 g/mol. The van der Waals surface area contributed by atoms with Crippen LogP contribution in [0.5, 0.6) is 0 Å². The van der Waals surface area contributed by atoms with Crippen molar-refractivity contribution in [2.45, 2.75) is 32.9 Å². The number of aliphatic imine (C=N–C) groups is 1. The standard InChI is InChI=1S/C19H25N3O/c1-14(2)15-9-6-10-18(11-15)22-19(20)21-12-16-7-4-5-8-17(16)13-23-3/h4-11,14H,12-13H2,1-3H3,(H3,20,21,22). The van der Waals surface area contributed by atoms with Gasteiger partial charge < -0.3 is 15.8 Å². The Kier molecular flexibility index (Phi) is 6.18. The topological polar surface area (TPSA) is 59.6 Å². The number of hydrogen-bond acceptors (Lipinski definition) is 2. The summed E-state index contributed by atoms with van der Waals surface area (Å²) in [4.78, 5) is 4.43. The normalized spacial score (nSPS) is 11.7. The number of guanidine groups is 1. The second-order valence-electron chi connectivity index (χ2n) is 5.81. The molecule has 122 valence electrons. The van der Waals surface area contributed by atoms with Crippen molar-refractivity contribution in [3.05, 3.63) is 65.2 Å². The van der Waals surface area contributed by atoms with Crippen molar-refractivity contribution in [1.82, 2.24) is 0 Å². The van der Waals surface area contributed by atoms with Gasteiger partial charge in [-0.3, -0.25) is 0 Å². The maximum absolute atomic E-state index is 6.01. The summed E-state index contributed by atoms with van der Waals surface area (Å²) >= 11 is 0. The van der Waals surface area contributed by atoms with E-state index in [2.05, 4.69) is 36.3 Å². The molecule has 0 radical (unpaired) electrons. The third-order valence-corrected chi connectivity index (χ3v) is 3.66. The van der Waals surface area contributed by atoms with Crippen LogP contribution in [0.1, 0.15) is 36.5 Å². The van der Waals surface area contributed by atoms with Crippen LogP contribution in [0, 0.1) is 0 Å². The number of methoxy groups -OCH3 is 1. The molecule has 4 nitrogen and oxygen atoms in total. The molecule has 0 atom stereocenters. The molecule has 0 saturated carbocycles. The molecule has 2 aromatic carbocycles. The first-order chi connectivity index (χ1) is 11.1. The Bertz CT molecular complexity index is 665. The van der Waals surface area contributed by atoms with E-state index in [9.17, 15) is 0 Å². The van der Waals surface area contributed by atoms with E-state index in [1.165, 1.54) is 5.56 Å². The lowest BCUT2D eigenvalue weighted by Gasteiger charge is -2.10. The van der Waals surface area contributed by atoms with Gasteiger partial charge in [0.1, 0.15) is 0 Å². The molecule has 0 aliphatic heterocycles. The molecule has 0 spiro atoms. The molecular weight excluding hydrogens is 286 g/mol. The molecule has 0 aliphatic rings. The minimum atomic E-state index is 0.415. The van der Waals surface area contributed by atoms with Gasteiger partial charge in [-0.1, -0.05) is 50.2 Å². The first-order valence-electron chi connectivity index (χ1n) is 7.82. The predicted molar refractivity (Wildman–Crippen MR) is 96.6 cm³/mol. The van der Waals surface area contributed by atoms with Crippen LogP contribution < -0.4 is 11.1 Å². The van der Waals surface area contributed by atoms with Gasteiger partial charge in [-0.05, 0) is 34.7 Å². The van der Waals surface area contributed by atoms with Crippen LogP contribution >= 0.6 is 0 Å². The van der Waals surface area contributed by atoms with Crippen molar-refractivity contribution in [1.29, 1.82) is 0 Å². The Morgan fingerprint density at radius 2 is 1.87 bits per heavy atom. The average Bonchev–Trinajstić information content (AvgIpc) is 2.54. The zero-order valence-corrected chi connectivity index (χ0v) is 14.0. The second-order valence-corrected chi connectivity index (χ2v) is 5.81. The Balaban J connectivity index is 2.05. The highest BCUT2D eigenvalue weighted by atomic mass is 16.5. The van der Waals surface area contributed by atoms with Crippen molar-refractivity contribution in [3.63, 3.8) is 0 Å². The van der Waals surface area contributed by atoms with Crippen molar-refractivity contribution in [2.24, 2.45) is 10.7 Å². The first kappa shape index (κ1) is 17.0. The van der Waals surface area contributed by atoms with Crippen molar-refractivity contribution in [3.8, 4) is 0 Å². The van der Waals surface area contributed by atoms with Gasteiger partial charge in [0.2, 0.25) is 0 Å². The Morgan fingerprint density at radius 3 is 2.57 bits per heavy atom. The summed E-state index contributed by atoms with van der Waals surface area (Å²) in [5.41, 5.74) is 10.5. The number of nitrogens with zero attached hydrogens (tertiary/aromatic N) is 1. The fraction of sp³-hybridized carbons (Fsp3) is 0.316. The SMILES string of the molecule is COCc1ccccc1CN=C(N)Nc1cccc(C(C)C)c1. The zero-order valence-electron chi connectivity index (χ0n) is 14.0. The molecule has 2 aromatic rings. The molecule has 0 heterocycles. The fourth-order valence-electron chi connectivity index (χ4n) is 2.34. The summed E-state index contributed by atoms with van der Waals surface area (Å²) in [6, 6.07) is 16.3. The molecule has 0 aromatic heterocycles. The summed E-state index contributed by atoms with van der Waals surface area (Å²) < 4.78 is 5.21. The van der Waals surface area contributed by atoms with Gasteiger partial charge in [-0.15, -0.1) is 0 Å². The fourth-order valence-corrected chi connectivity index (χ4v) is 2.34. The molecule has 0 amide bonds. The minimum absolute atomic E-state index is 0.415. The van der Waals surface area contributed by atoms with Crippen LogP contribution in [0.2, 0.25) is 0 Å². The first-order valence-corrected chi connectivity index (χ1v) is 7.82. The van der Waals surface area contributed by atoms with E-state index in [-0.39, 0.29) is 0 Å². The van der Waals surface area contributed by atoms with Gasteiger partial charge in [0.05, 0.1) is 13.2 Å². The molecule has 4 heteroatoms. The van der Waals surface area contributed by atoms with Crippen LogP contribution in [0.25, 0.3) is 0 Å². The average molecular weight is 311 g/mol. The van der Waals surface area contributed by atoms with Gasteiger partial charge in [0.15, 0.2) is 5.96 Å². The van der Waals surface area contributed by atoms with Gasteiger partial charge in [0.25, 0.3) is 0 Å². The van der Waals surface area contributed by atoms with Crippen LogP contribution in [-0.4, -0.2) is 13.1 Å². The maximum Gasteiger partial charge on any atom is 0.193 e. The van der Waals surface area contributed by atoms with Gasteiger partial charge >= 0.3 is 0 Å². The number of hydrogen-bond donors (Lipinski definition) is 2. The summed E-state index contributed by atoms with van der Waals surface area (Å²) in [5, 5.41) is 3.16. The molecule has 0 aliphatic carbocycles. The Morgan fingerprint density at radius 1 is 1.13 bits per heavy atom. The minimum Gasteiger partial charge on any atom is -0.380 e. The molecule has 0 unspecified atom stereocenters.